The van der Waals surface area contributed by atoms with Gasteiger partial charge in [0.25, 0.3) is 5.91 Å². The van der Waals surface area contributed by atoms with Gasteiger partial charge in [-0.2, -0.15) is 0 Å². The third-order valence-electron chi connectivity index (χ3n) is 4.69. The van der Waals surface area contributed by atoms with E-state index < -0.39 is 6.04 Å². The third kappa shape index (κ3) is 3.79. The summed E-state index contributed by atoms with van der Waals surface area (Å²) < 4.78 is 4.96. The number of benzene rings is 1. The lowest BCUT2D eigenvalue weighted by Crippen LogP contribution is -2.43. The highest BCUT2D eigenvalue weighted by molar-refractivity contribution is 6.01. The van der Waals surface area contributed by atoms with Crippen molar-refractivity contribution in [2.24, 2.45) is 0 Å². The zero-order valence-electron chi connectivity index (χ0n) is 15.7. The molecule has 3 rings (SSSR count). The van der Waals surface area contributed by atoms with E-state index in [0.29, 0.717) is 30.1 Å². The number of hydrogen-bond acceptors (Lipinski definition) is 4. The highest BCUT2D eigenvalue weighted by Gasteiger charge is 2.35. The molecule has 6 heteroatoms. The van der Waals surface area contributed by atoms with Gasteiger partial charge < -0.3 is 14.7 Å². The molecule has 1 N–H and O–H groups in total. The summed E-state index contributed by atoms with van der Waals surface area (Å²) >= 11 is 0. The number of carbonyl (C=O) groups excluding carboxylic acids is 2. The minimum atomic E-state index is -0.484. The van der Waals surface area contributed by atoms with Gasteiger partial charge in [-0.15, -0.1) is 0 Å². The Bertz CT molecular complexity index is 802. The maximum absolute atomic E-state index is 12.9. The number of carbonyl (C=O) groups is 2. The van der Waals surface area contributed by atoms with Gasteiger partial charge in [0, 0.05) is 18.2 Å². The summed E-state index contributed by atoms with van der Waals surface area (Å²) in [6.07, 6.45) is 1.45. The molecule has 2 aromatic rings. The first-order valence-corrected chi connectivity index (χ1v) is 8.91. The number of aromatic nitrogens is 1. The van der Waals surface area contributed by atoms with Crippen molar-refractivity contribution in [3.8, 4) is 0 Å². The summed E-state index contributed by atoms with van der Waals surface area (Å²) in [5.41, 5.74) is 1.81. The molecule has 1 aliphatic heterocycles. The van der Waals surface area contributed by atoms with E-state index in [-0.39, 0.29) is 17.2 Å². The summed E-state index contributed by atoms with van der Waals surface area (Å²) in [5.74, 6) is 0.662. The SMILES string of the molecule is Cc1cc(NC(=O)C2CCCN2C(=O)c2ccc(C(C)(C)C)cc2)no1. The van der Waals surface area contributed by atoms with Crippen LogP contribution < -0.4 is 5.32 Å². The standard InChI is InChI=1S/C20H25N3O3/c1-13-12-17(22-26-13)21-18(24)16-6-5-11-23(16)19(25)14-7-9-15(10-8-14)20(2,3)4/h7-10,12,16H,5-6,11H2,1-4H3,(H,21,22,24). The Hall–Kier alpha value is -2.63. The Morgan fingerprint density at radius 1 is 1.23 bits per heavy atom. The molecular formula is C20H25N3O3. The molecule has 138 valence electrons. The van der Waals surface area contributed by atoms with Gasteiger partial charge in [-0.05, 0) is 42.9 Å². The van der Waals surface area contributed by atoms with Crippen LogP contribution in [0.2, 0.25) is 0 Å². The fourth-order valence-corrected chi connectivity index (χ4v) is 3.20. The molecule has 0 saturated carbocycles. The molecule has 1 aromatic heterocycles. The first-order chi connectivity index (χ1) is 12.3. The predicted octanol–water partition coefficient (Wildman–Crippen LogP) is 3.52. The molecule has 1 unspecified atom stereocenters. The normalized spacial score (nSPS) is 17.4. The van der Waals surface area contributed by atoms with E-state index in [1.807, 2.05) is 24.3 Å². The number of hydrogen-bond donors (Lipinski definition) is 1. The molecule has 1 fully saturated rings. The van der Waals surface area contributed by atoms with E-state index in [0.717, 1.165) is 6.42 Å². The Morgan fingerprint density at radius 2 is 1.92 bits per heavy atom. The van der Waals surface area contributed by atoms with E-state index >= 15 is 0 Å². The molecule has 0 radical (unpaired) electrons. The van der Waals surface area contributed by atoms with Crippen molar-refractivity contribution in [3.05, 3.63) is 47.2 Å². The maximum atomic E-state index is 12.9. The van der Waals surface area contributed by atoms with Gasteiger partial charge in [0.15, 0.2) is 5.82 Å². The Morgan fingerprint density at radius 3 is 2.50 bits per heavy atom. The van der Waals surface area contributed by atoms with Crippen LogP contribution in [-0.2, 0) is 10.2 Å². The van der Waals surface area contributed by atoms with Crippen LogP contribution >= 0.6 is 0 Å². The number of rotatable bonds is 3. The number of nitrogens with zero attached hydrogens (tertiary/aromatic N) is 2. The average Bonchev–Trinajstić information content (AvgIpc) is 3.22. The summed E-state index contributed by atoms with van der Waals surface area (Å²) in [6, 6.07) is 8.83. The highest BCUT2D eigenvalue weighted by Crippen LogP contribution is 2.25. The molecule has 6 nitrogen and oxygen atoms in total. The fourth-order valence-electron chi connectivity index (χ4n) is 3.20. The molecule has 1 aromatic carbocycles. The molecule has 2 heterocycles. The highest BCUT2D eigenvalue weighted by atomic mass is 16.5. The number of anilines is 1. The zero-order chi connectivity index (χ0) is 18.9. The summed E-state index contributed by atoms with van der Waals surface area (Å²) in [4.78, 5) is 27.1. The van der Waals surface area contributed by atoms with E-state index in [9.17, 15) is 9.59 Å². The summed E-state index contributed by atoms with van der Waals surface area (Å²) in [6.45, 7) is 8.74. The van der Waals surface area contributed by atoms with Crippen LogP contribution in [0.15, 0.2) is 34.9 Å². The minimum absolute atomic E-state index is 0.0351. The van der Waals surface area contributed by atoms with Gasteiger partial charge in [-0.3, -0.25) is 9.59 Å². The van der Waals surface area contributed by atoms with Gasteiger partial charge in [0.05, 0.1) is 0 Å². The number of nitrogens with one attached hydrogen (secondary N) is 1. The molecule has 26 heavy (non-hydrogen) atoms. The quantitative estimate of drug-likeness (QED) is 0.914. The lowest BCUT2D eigenvalue weighted by Gasteiger charge is -2.24. The van der Waals surface area contributed by atoms with Crippen molar-refractivity contribution < 1.29 is 14.1 Å². The molecule has 1 atom stereocenters. The second-order valence-corrected chi connectivity index (χ2v) is 7.80. The Labute approximate surface area is 153 Å². The van der Waals surface area contributed by atoms with Gasteiger partial charge in [-0.25, -0.2) is 0 Å². The van der Waals surface area contributed by atoms with Crippen molar-refractivity contribution >= 4 is 17.6 Å². The summed E-state index contributed by atoms with van der Waals surface area (Å²) in [5, 5.41) is 6.51. The first-order valence-electron chi connectivity index (χ1n) is 8.91. The zero-order valence-corrected chi connectivity index (χ0v) is 15.7. The van der Waals surface area contributed by atoms with Crippen LogP contribution in [0.3, 0.4) is 0 Å². The van der Waals surface area contributed by atoms with Crippen molar-refractivity contribution in [1.29, 1.82) is 0 Å². The maximum Gasteiger partial charge on any atom is 0.254 e. The van der Waals surface area contributed by atoms with Crippen molar-refractivity contribution in [2.75, 3.05) is 11.9 Å². The van der Waals surface area contributed by atoms with Gasteiger partial charge in [0.1, 0.15) is 11.8 Å². The van der Waals surface area contributed by atoms with Crippen LogP contribution in [0, 0.1) is 6.92 Å². The smallest absolute Gasteiger partial charge is 0.254 e. The van der Waals surface area contributed by atoms with E-state index in [1.54, 1.807) is 17.9 Å². The van der Waals surface area contributed by atoms with Crippen LogP contribution in [0.4, 0.5) is 5.82 Å². The van der Waals surface area contributed by atoms with Gasteiger partial charge in [0.2, 0.25) is 5.91 Å². The Balaban J connectivity index is 1.72. The molecular weight excluding hydrogens is 330 g/mol. The average molecular weight is 355 g/mol. The number of likely N-dealkylation sites (tertiary alicyclic amines) is 1. The van der Waals surface area contributed by atoms with Crippen LogP contribution in [-0.4, -0.2) is 34.5 Å². The molecule has 1 aliphatic rings. The third-order valence-corrected chi connectivity index (χ3v) is 4.69. The number of amides is 2. The van der Waals surface area contributed by atoms with E-state index in [2.05, 4.69) is 31.2 Å². The van der Waals surface area contributed by atoms with E-state index in [1.165, 1.54) is 5.56 Å². The largest absolute Gasteiger partial charge is 0.360 e. The molecule has 2 amide bonds. The molecule has 0 bridgehead atoms. The minimum Gasteiger partial charge on any atom is -0.360 e. The van der Waals surface area contributed by atoms with Crippen molar-refractivity contribution in [2.45, 2.75) is 52.0 Å². The fraction of sp³-hybridized carbons (Fsp3) is 0.450. The van der Waals surface area contributed by atoms with Crippen molar-refractivity contribution in [3.63, 3.8) is 0 Å². The number of aryl methyl sites for hydroxylation is 1. The predicted molar refractivity (Wildman–Crippen MR) is 99.1 cm³/mol. The second-order valence-electron chi connectivity index (χ2n) is 7.80. The lowest BCUT2D eigenvalue weighted by molar-refractivity contribution is -0.119. The first kappa shape index (κ1) is 18.2. The lowest BCUT2D eigenvalue weighted by atomic mass is 9.86. The van der Waals surface area contributed by atoms with Crippen molar-refractivity contribution in [1.82, 2.24) is 10.1 Å². The van der Waals surface area contributed by atoms with Crippen LogP contribution in [0.25, 0.3) is 0 Å². The van der Waals surface area contributed by atoms with Crippen LogP contribution in [0.1, 0.15) is 55.3 Å². The molecule has 1 saturated heterocycles. The Kier molecular flexibility index (Phi) is 4.85. The van der Waals surface area contributed by atoms with Crippen LogP contribution in [0.5, 0.6) is 0 Å². The molecule has 0 spiro atoms. The van der Waals surface area contributed by atoms with Gasteiger partial charge >= 0.3 is 0 Å². The molecule has 0 aliphatic carbocycles. The summed E-state index contributed by atoms with van der Waals surface area (Å²) in [7, 11) is 0. The topological polar surface area (TPSA) is 75.4 Å². The van der Waals surface area contributed by atoms with E-state index in [4.69, 9.17) is 4.52 Å². The van der Waals surface area contributed by atoms with Gasteiger partial charge in [-0.1, -0.05) is 38.1 Å². The second kappa shape index (κ2) is 6.94. The monoisotopic (exact) mass is 355 g/mol.